The molecule has 3 aromatic carbocycles. The molecule has 3 fully saturated rings. The van der Waals surface area contributed by atoms with Crippen LogP contribution in [-0.4, -0.2) is 34.6 Å². The molecule has 0 amide bonds. The summed E-state index contributed by atoms with van der Waals surface area (Å²) in [5.74, 6) is 0.768. The van der Waals surface area contributed by atoms with Crippen LogP contribution < -0.4 is 12.4 Å². The SMILES string of the molecule is C=CC1C[N+]2(Cc3ccccc3)CCC1CC2[C@H](OC(=O)c1ccccc1)c1ccnc2ccccc12.[Cl-]. The van der Waals surface area contributed by atoms with Crippen molar-refractivity contribution in [3.63, 3.8) is 0 Å². The number of piperidine rings is 3. The Morgan fingerprint density at radius 2 is 1.71 bits per heavy atom. The van der Waals surface area contributed by atoms with Crippen molar-refractivity contribution < 1.29 is 26.4 Å². The predicted molar refractivity (Wildman–Crippen MR) is 147 cm³/mol. The van der Waals surface area contributed by atoms with Gasteiger partial charge in [0.05, 0.1) is 24.2 Å². The molecule has 4 heterocycles. The van der Waals surface area contributed by atoms with E-state index in [9.17, 15) is 4.79 Å². The van der Waals surface area contributed by atoms with Crippen LogP contribution in [0.25, 0.3) is 10.9 Å². The minimum Gasteiger partial charge on any atom is -1.00 e. The zero-order valence-electron chi connectivity index (χ0n) is 21.5. The van der Waals surface area contributed by atoms with Crippen LogP contribution in [0.3, 0.4) is 0 Å². The summed E-state index contributed by atoms with van der Waals surface area (Å²) < 4.78 is 7.45. The normalized spacial score (nSPS) is 24.8. The van der Waals surface area contributed by atoms with E-state index in [0.29, 0.717) is 17.4 Å². The molecule has 0 spiro atoms. The van der Waals surface area contributed by atoms with E-state index in [-0.39, 0.29) is 30.5 Å². The van der Waals surface area contributed by atoms with Gasteiger partial charge in [-0.25, -0.2) is 4.79 Å². The maximum Gasteiger partial charge on any atom is 0.338 e. The van der Waals surface area contributed by atoms with Crippen molar-refractivity contribution in [2.24, 2.45) is 11.8 Å². The van der Waals surface area contributed by atoms with E-state index in [1.165, 1.54) is 12.0 Å². The number of benzene rings is 3. The van der Waals surface area contributed by atoms with Gasteiger partial charge in [0.2, 0.25) is 0 Å². The summed E-state index contributed by atoms with van der Waals surface area (Å²) in [4.78, 5) is 18.1. The number of carbonyl (C=O) groups excluding carboxylic acids is 1. The molecule has 0 aliphatic carbocycles. The average Bonchev–Trinajstić information content (AvgIpc) is 2.96. The van der Waals surface area contributed by atoms with Gasteiger partial charge in [-0.3, -0.25) is 4.98 Å². The van der Waals surface area contributed by atoms with Crippen LogP contribution in [0.5, 0.6) is 0 Å². The van der Waals surface area contributed by atoms with Crippen molar-refractivity contribution in [2.75, 3.05) is 13.1 Å². The lowest BCUT2D eigenvalue weighted by Crippen LogP contribution is -3.00. The minimum absolute atomic E-state index is 0. The number of quaternary nitrogens is 1. The number of halogens is 1. The highest BCUT2D eigenvalue weighted by molar-refractivity contribution is 5.90. The van der Waals surface area contributed by atoms with Crippen molar-refractivity contribution in [2.45, 2.75) is 31.5 Å². The maximum atomic E-state index is 13.5. The van der Waals surface area contributed by atoms with E-state index in [4.69, 9.17) is 4.74 Å². The van der Waals surface area contributed by atoms with Crippen molar-refractivity contribution in [3.8, 4) is 0 Å². The molecule has 5 heteroatoms. The summed E-state index contributed by atoms with van der Waals surface area (Å²) in [6.07, 6.45) is 5.82. The number of esters is 1. The summed E-state index contributed by atoms with van der Waals surface area (Å²) in [5, 5.41) is 1.05. The van der Waals surface area contributed by atoms with Gasteiger partial charge in [0.1, 0.15) is 12.6 Å². The summed E-state index contributed by atoms with van der Waals surface area (Å²) >= 11 is 0. The quantitative estimate of drug-likeness (QED) is 0.210. The zero-order valence-corrected chi connectivity index (χ0v) is 22.2. The second-order valence-corrected chi connectivity index (χ2v) is 10.6. The van der Waals surface area contributed by atoms with E-state index < -0.39 is 0 Å². The van der Waals surface area contributed by atoms with Crippen molar-refractivity contribution in [1.29, 1.82) is 0 Å². The lowest BCUT2D eigenvalue weighted by Gasteiger charge is -2.58. The average molecular weight is 525 g/mol. The van der Waals surface area contributed by atoms with Gasteiger partial charge in [-0.15, -0.1) is 6.58 Å². The standard InChI is InChI=1S/C33H33N2O2.ClH/c1-2-25-23-35(22-24-11-5-3-6-12-24)20-18-27(25)21-31(35)32(37-33(36)26-13-7-4-8-14-26)29-17-19-34-30-16-10-9-15-28(29)30;/h2-17,19,25,27,31-32H,1,18,20-23H2;1H/q+1;/p-1/t25?,27?,31?,32-,35?;/m1./s1. The van der Waals surface area contributed by atoms with Crippen LogP contribution in [0, 0.1) is 11.8 Å². The smallest absolute Gasteiger partial charge is 0.338 e. The Balaban J connectivity index is 0.00000294. The molecule has 0 radical (unpaired) electrons. The molecule has 5 atom stereocenters. The van der Waals surface area contributed by atoms with Crippen molar-refractivity contribution in [1.82, 2.24) is 4.98 Å². The van der Waals surface area contributed by atoms with E-state index in [1.54, 1.807) is 0 Å². The molecule has 3 aliphatic rings. The van der Waals surface area contributed by atoms with Crippen LogP contribution in [0.4, 0.5) is 0 Å². The van der Waals surface area contributed by atoms with Crippen molar-refractivity contribution in [3.05, 3.63) is 127 Å². The molecule has 1 aromatic heterocycles. The zero-order chi connectivity index (χ0) is 25.2. The monoisotopic (exact) mass is 524 g/mol. The number of fused-ring (bicyclic) bond motifs is 4. The maximum absolute atomic E-state index is 13.5. The molecular weight excluding hydrogens is 492 g/mol. The van der Waals surface area contributed by atoms with Gasteiger partial charge in [-0.05, 0) is 30.2 Å². The van der Waals surface area contributed by atoms with Crippen LogP contribution in [0.1, 0.15) is 40.4 Å². The number of ether oxygens (including phenoxy) is 1. The van der Waals surface area contributed by atoms with Gasteiger partial charge in [-0.1, -0.05) is 72.8 Å². The van der Waals surface area contributed by atoms with Gasteiger partial charge in [0.15, 0.2) is 6.10 Å². The summed E-state index contributed by atoms with van der Waals surface area (Å²) in [6, 6.07) is 30.5. The van der Waals surface area contributed by atoms with E-state index >= 15 is 0 Å². The second kappa shape index (κ2) is 11.1. The fourth-order valence-electron chi connectivity index (χ4n) is 6.78. The molecule has 7 rings (SSSR count). The third-order valence-corrected chi connectivity index (χ3v) is 8.60. The fourth-order valence-corrected chi connectivity index (χ4v) is 6.78. The highest BCUT2D eigenvalue weighted by Crippen LogP contribution is 2.49. The molecule has 38 heavy (non-hydrogen) atoms. The number of aromatic nitrogens is 1. The number of pyridine rings is 1. The van der Waals surface area contributed by atoms with Gasteiger partial charge in [-0.2, -0.15) is 0 Å². The molecule has 2 bridgehead atoms. The topological polar surface area (TPSA) is 39.2 Å². The highest BCUT2D eigenvalue weighted by Gasteiger charge is 2.55. The molecule has 3 aliphatic heterocycles. The number of nitrogens with zero attached hydrogens (tertiary/aromatic N) is 2. The third-order valence-electron chi connectivity index (χ3n) is 8.60. The van der Waals surface area contributed by atoms with Gasteiger partial charge in [0.25, 0.3) is 0 Å². The largest absolute Gasteiger partial charge is 1.00 e. The Kier molecular flexibility index (Phi) is 7.64. The first kappa shape index (κ1) is 26.1. The Labute approximate surface area is 231 Å². The van der Waals surface area contributed by atoms with Crippen molar-refractivity contribution >= 4 is 16.9 Å². The number of para-hydroxylation sites is 1. The molecular formula is C33H33ClN2O2. The van der Waals surface area contributed by atoms with Crippen LogP contribution in [0.15, 0.2) is 110 Å². The lowest BCUT2D eigenvalue weighted by atomic mass is 9.71. The number of hydrogen-bond acceptors (Lipinski definition) is 3. The van der Waals surface area contributed by atoms with E-state index in [2.05, 4.69) is 60.1 Å². The Morgan fingerprint density at radius 3 is 2.47 bits per heavy atom. The summed E-state index contributed by atoms with van der Waals surface area (Å²) in [6.45, 7) is 7.22. The number of hydrogen-bond donors (Lipinski definition) is 0. The summed E-state index contributed by atoms with van der Waals surface area (Å²) in [7, 11) is 0. The highest BCUT2D eigenvalue weighted by atomic mass is 35.5. The van der Waals surface area contributed by atoms with E-state index in [1.807, 2.05) is 54.7 Å². The molecule has 194 valence electrons. The Morgan fingerprint density at radius 1 is 1.00 bits per heavy atom. The van der Waals surface area contributed by atoms with Crippen LogP contribution in [0.2, 0.25) is 0 Å². The molecule has 0 N–H and O–H groups in total. The molecule has 4 unspecified atom stereocenters. The Bertz CT molecular complexity index is 1410. The molecule has 3 saturated heterocycles. The first-order chi connectivity index (χ1) is 18.2. The van der Waals surface area contributed by atoms with Gasteiger partial charge in [0, 0.05) is 41.5 Å². The molecule has 4 aromatic rings. The second-order valence-electron chi connectivity index (χ2n) is 10.6. The lowest BCUT2D eigenvalue weighted by molar-refractivity contribution is -0.984. The summed E-state index contributed by atoms with van der Waals surface area (Å²) in [5.41, 5.74) is 3.88. The third kappa shape index (κ3) is 4.87. The van der Waals surface area contributed by atoms with Crippen LogP contribution >= 0.6 is 0 Å². The van der Waals surface area contributed by atoms with Crippen LogP contribution in [-0.2, 0) is 11.3 Å². The number of carbonyl (C=O) groups is 1. The van der Waals surface area contributed by atoms with E-state index in [0.717, 1.165) is 47.0 Å². The first-order valence-corrected chi connectivity index (χ1v) is 13.3. The first-order valence-electron chi connectivity index (χ1n) is 13.3. The van der Waals surface area contributed by atoms with Gasteiger partial charge < -0.3 is 21.6 Å². The fraction of sp³-hybridized carbons (Fsp3) is 0.273. The molecule has 4 nitrogen and oxygen atoms in total. The molecule has 0 saturated carbocycles. The predicted octanol–water partition coefficient (Wildman–Crippen LogP) is 3.75. The van der Waals surface area contributed by atoms with Gasteiger partial charge >= 0.3 is 5.97 Å². The minimum atomic E-state index is -0.377. The number of rotatable bonds is 7. The Hall–Kier alpha value is -3.47.